The first-order chi connectivity index (χ1) is 9.24. The summed E-state index contributed by atoms with van der Waals surface area (Å²) in [6.07, 6.45) is 0. The number of H-pyrrole nitrogens is 1. The number of aromatic nitrogens is 3. The SMILES string of the molecule is Nc1ccc(-c2n[nH]c(-c3ccccc3)n2)cc1Br. The highest BCUT2D eigenvalue weighted by atomic mass is 79.9. The van der Waals surface area contributed by atoms with Crippen LogP contribution in [0.2, 0.25) is 0 Å². The van der Waals surface area contributed by atoms with Crippen LogP contribution in [0.5, 0.6) is 0 Å². The predicted molar refractivity (Wildman–Crippen MR) is 79.4 cm³/mol. The molecule has 5 heteroatoms. The zero-order valence-corrected chi connectivity index (χ0v) is 11.6. The summed E-state index contributed by atoms with van der Waals surface area (Å²) in [6, 6.07) is 15.5. The second-order valence-corrected chi connectivity index (χ2v) is 4.96. The van der Waals surface area contributed by atoms with E-state index < -0.39 is 0 Å². The minimum absolute atomic E-state index is 0.652. The third-order valence-corrected chi connectivity index (χ3v) is 3.48. The Morgan fingerprint density at radius 3 is 2.53 bits per heavy atom. The van der Waals surface area contributed by atoms with Gasteiger partial charge >= 0.3 is 0 Å². The Kier molecular flexibility index (Phi) is 3.05. The van der Waals surface area contributed by atoms with Gasteiger partial charge in [-0.05, 0) is 34.1 Å². The summed E-state index contributed by atoms with van der Waals surface area (Å²) in [5, 5.41) is 7.18. The minimum Gasteiger partial charge on any atom is -0.398 e. The molecule has 0 aliphatic rings. The summed E-state index contributed by atoms with van der Waals surface area (Å²) in [4.78, 5) is 4.49. The first-order valence-electron chi connectivity index (χ1n) is 5.77. The Morgan fingerprint density at radius 2 is 1.79 bits per heavy atom. The number of anilines is 1. The van der Waals surface area contributed by atoms with Gasteiger partial charge in [0.1, 0.15) is 0 Å². The molecule has 0 radical (unpaired) electrons. The van der Waals surface area contributed by atoms with E-state index in [4.69, 9.17) is 5.73 Å². The van der Waals surface area contributed by atoms with Gasteiger partial charge in [-0.2, -0.15) is 5.10 Å². The normalized spacial score (nSPS) is 10.6. The number of nitrogens with two attached hydrogens (primary N) is 1. The van der Waals surface area contributed by atoms with Crippen LogP contribution in [0.4, 0.5) is 5.69 Å². The zero-order chi connectivity index (χ0) is 13.2. The second kappa shape index (κ2) is 4.85. The summed E-state index contributed by atoms with van der Waals surface area (Å²) in [7, 11) is 0. The third kappa shape index (κ3) is 2.37. The summed E-state index contributed by atoms with van der Waals surface area (Å²) >= 11 is 3.40. The lowest BCUT2D eigenvalue weighted by atomic mass is 10.2. The van der Waals surface area contributed by atoms with E-state index in [0.29, 0.717) is 11.5 Å². The molecule has 0 bridgehead atoms. The van der Waals surface area contributed by atoms with E-state index >= 15 is 0 Å². The maximum Gasteiger partial charge on any atom is 0.181 e. The highest BCUT2D eigenvalue weighted by molar-refractivity contribution is 9.10. The van der Waals surface area contributed by atoms with Crippen molar-refractivity contribution < 1.29 is 0 Å². The number of nitrogens with one attached hydrogen (secondary N) is 1. The molecule has 1 aromatic heterocycles. The number of hydrogen-bond donors (Lipinski definition) is 2. The average Bonchev–Trinajstić information content (AvgIpc) is 2.93. The second-order valence-electron chi connectivity index (χ2n) is 4.11. The van der Waals surface area contributed by atoms with E-state index in [-0.39, 0.29) is 0 Å². The molecule has 1 heterocycles. The number of nitrogen functional groups attached to an aromatic ring is 1. The largest absolute Gasteiger partial charge is 0.398 e. The van der Waals surface area contributed by atoms with Gasteiger partial charge in [-0.3, -0.25) is 5.10 Å². The topological polar surface area (TPSA) is 67.6 Å². The van der Waals surface area contributed by atoms with Crippen molar-refractivity contribution in [1.29, 1.82) is 0 Å². The fourth-order valence-electron chi connectivity index (χ4n) is 1.78. The van der Waals surface area contributed by atoms with Crippen molar-refractivity contribution in [2.75, 3.05) is 5.73 Å². The molecule has 19 heavy (non-hydrogen) atoms. The number of rotatable bonds is 2. The molecule has 0 saturated heterocycles. The van der Waals surface area contributed by atoms with Crippen LogP contribution in [0, 0.1) is 0 Å². The van der Waals surface area contributed by atoms with Crippen LogP contribution in [0.15, 0.2) is 53.0 Å². The maximum absolute atomic E-state index is 5.77. The van der Waals surface area contributed by atoms with Crippen LogP contribution in [0.3, 0.4) is 0 Å². The highest BCUT2D eigenvalue weighted by Crippen LogP contribution is 2.26. The van der Waals surface area contributed by atoms with E-state index in [1.807, 2.05) is 48.5 Å². The molecule has 0 spiro atoms. The summed E-state index contributed by atoms with van der Waals surface area (Å²) in [5.41, 5.74) is 8.39. The standard InChI is InChI=1S/C14H11BrN4/c15-11-8-10(6-7-12(11)16)14-17-13(18-19-14)9-4-2-1-3-5-9/h1-8H,16H2,(H,17,18,19). The lowest BCUT2D eigenvalue weighted by Gasteiger charge is -1.99. The van der Waals surface area contributed by atoms with Gasteiger partial charge in [0.25, 0.3) is 0 Å². The molecule has 0 amide bonds. The monoisotopic (exact) mass is 314 g/mol. The molecule has 2 aromatic carbocycles. The summed E-state index contributed by atoms with van der Waals surface area (Å²) in [6.45, 7) is 0. The first-order valence-corrected chi connectivity index (χ1v) is 6.56. The average molecular weight is 315 g/mol. The van der Waals surface area contributed by atoms with Gasteiger partial charge in [-0.1, -0.05) is 30.3 Å². The fourth-order valence-corrected chi connectivity index (χ4v) is 2.16. The molecule has 3 N–H and O–H groups in total. The van der Waals surface area contributed by atoms with Crippen LogP contribution >= 0.6 is 15.9 Å². The lowest BCUT2D eigenvalue weighted by molar-refractivity contribution is 1.10. The van der Waals surface area contributed by atoms with Gasteiger partial charge in [0.05, 0.1) is 0 Å². The fraction of sp³-hybridized carbons (Fsp3) is 0. The summed E-state index contributed by atoms with van der Waals surface area (Å²) in [5.74, 6) is 1.41. The van der Waals surface area contributed by atoms with Crippen molar-refractivity contribution in [2.24, 2.45) is 0 Å². The lowest BCUT2D eigenvalue weighted by Crippen LogP contribution is -1.88. The molecule has 4 nitrogen and oxygen atoms in total. The van der Waals surface area contributed by atoms with E-state index in [1.54, 1.807) is 0 Å². The molecular weight excluding hydrogens is 304 g/mol. The van der Waals surface area contributed by atoms with E-state index in [0.717, 1.165) is 21.4 Å². The number of benzene rings is 2. The van der Waals surface area contributed by atoms with Gasteiger partial charge in [0, 0.05) is 21.3 Å². The van der Waals surface area contributed by atoms with Gasteiger partial charge in [-0.15, -0.1) is 0 Å². The molecule has 0 aliphatic heterocycles. The zero-order valence-electron chi connectivity index (χ0n) is 9.97. The number of halogens is 1. The van der Waals surface area contributed by atoms with Crippen molar-refractivity contribution in [1.82, 2.24) is 15.2 Å². The van der Waals surface area contributed by atoms with Crippen LogP contribution < -0.4 is 5.73 Å². The molecule has 0 unspecified atom stereocenters. The van der Waals surface area contributed by atoms with Crippen molar-refractivity contribution in [3.05, 3.63) is 53.0 Å². The van der Waals surface area contributed by atoms with Crippen molar-refractivity contribution in [3.63, 3.8) is 0 Å². The molecule has 0 saturated carbocycles. The Bertz CT molecular complexity index is 706. The predicted octanol–water partition coefficient (Wildman–Crippen LogP) is 3.48. The smallest absolute Gasteiger partial charge is 0.181 e. The molecule has 0 aliphatic carbocycles. The molecule has 0 fully saturated rings. The van der Waals surface area contributed by atoms with Gasteiger partial charge in [0.2, 0.25) is 0 Å². The van der Waals surface area contributed by atoms with Crippen LogP contribution in [0.1, 0.15) is 0 Å². The van der Waals surface area contributed by atoms with Crippen molar-refractivity contribution >= 4 is 21.6 Å². The first kappa shape index (κ1) is 11.9. The molecule has 3 rings (SSSR count). The van der Waals surface area contributed by atoms with Crippen LogP contribution in [-0.2, 0) is 0 Å². The summed E-state index contributed by atoms with van der Waals surface area (Å²) < 4.78 is 0.844. The Hall–Kier alpha value is -2.14. The highest BCUT2D eigenvalue weighted by Gasteiger charge is 2.08. The Balaban J connectivity index is 1.99. The van der Waals surface area contributed by atoms with Gasteiger partial charge in [-0.25, -0.2) is 4.98 Å². The Labute approximate surface area is 118 Å². The van der Waals surface area contributed by atoms with Gasteiger partial charge in [0.15, 0.2) is 11.6 Å². The molecule has 3 aromatic rings. The maximum atomic E-state index is 5.77. The number of aromatic amines is 1. The van der Waals surface area contributed by atoms with Crippen LogP contribution in [-0.4, -0.2) is 15.2 Å². The van der Waals surface area contributed by atoms with Gasteiger partial charge < -0.3 is 5.73 Å². The van der Waals surface area contributed by atoms with E-state index in [9.17, 15) is 0 Å². The van der Waals surface area contributed by atoms with Crippen LogP contribution in [0.25, 0.3) is 22.8 Å². The number of nitrogens with zero attached hydrogens (tertiary/aromatic N) is 2. The van der Waals surface area contributed by atoms with E-state index in [1.165, 1.54) is 0 Å². The minimum atomic E-state index is 0.652. The molecule has 0 atom stereocenters. The quantitative estimate of drug-likeness (QED) is 0.711. The third-order valence-electron chi connectivity index (χ3n) is 2.79. The van der Waals surface area contributed by atoms with Crippen molar-refractivity contribution in [2.45, 2.75) is 0 Å². The molecule has 94 valence electrons. The number of hydrogen-bond acceptors (Lipinski definition) is 3. The van der Waals surface area contributed by atoms with Crippen molar-refractivity contribution in [3.8, 4) is 22.8 Å². The van der Waals surface area contributed by atoms with E-state index in [2.05, 4.69) is 31.1 Å². The Morgan fingerprint density at radius 1 is 1.00 bits per heavy atom. The molecular formula is C14H11BrN4.